The zero-order chi connectivity index (χ0) is 13.2. The van der Waals surface area contributed by atoms with Crippen LogP contribution in [-0.4, -0.2) is 20.4 Å². The fraction of sp³-hybridized carbons (Fsp3) is 0.400. The Balaban J connectivity index is 1.97. The number of rotatable bonds is 4. The van der Waals surface area contributed by atoms with Crippen LogP contribution in [-0.2, 0) is 19.6 Å². The van der Waals surface area contributed by atoms with Gasteiger partial charge in [-0.1, -0.05) is 49.4 Å². The van der Waals surface area contributed by atoms with Crippen molar-refractivity contribution in [1.29, 1.82) is 0 Å². The first-order valence-corrected chi connectivity index (χ1v) is 7.74. The molecular formula is C15H18N2OS. The van der Waals surface area contributed by atoms with Crippen LogP contribution in [0, 0.1) is 0 Å². The second kappa shape index (κ2) is 5.39. The van der Waals surface area contributed by atoms with Crippen molar-refractivity contribution in [2.24, 2.45) is 0 Å². The highest BCUT2D eigenvalue weighted by Crippen LogP contribution is 2.33. The summed E-state index contributed by atoms with van der Waals surface area (Å²) in [5.74, 6) is 1.06. The third-order valence-corrected chi connectivity index (χ3v) is 4.46. The highest BCUT2D eigenvalue weighted by Gasteiger charge is 2.21. The molecule has 2 heterocycles. The SMILES string of the molecule is CCCc1ccc(-c2nc3n(c2CO)CCS3)cc1. The van der Waals surface area contributed by atoms with Crippen LogP contribution in [0.5, 0.6) is 0 Å². The molecule has 0 fully saturated rings. The monoisotopic (exact) mass is 274 g/mol. The van der Waals surface area contributed by atoms with Crippen LogP contribution in [0.1, 0.15) is 24.6 Å². The highest BCUT2D eigenvalue weighted by molar-refractivity contribution is 7.99. The Labute approximate surface area is 117 Å². The maximum atomic E-state index is 9.60. The molecular weight excluding hydrogens is 256 g/mol. The van der Waals surface area contributed by atoms with Gasteiger partial charge in [-0.25, -0.2) is 4.98 Å². The number of thioether (sulfide) groups is 1. The van der Waals surface area contributed by atoms with E-state index in [4.69, 9.17) is 0 Å². The minimum atomic E-state index is 0.0552. The molecule has 1 aliphatic heterocycles. The lowest BCUT2D eigenvalue weighted by molar-refractivity contribution is 0.271. The molecule has 0 saturated heterocycles. The predicted octanol–water partition coefficient (Wildman–Crippen LogP) is 3.10. The maximum Gasteiger partial charge on any atom is 0.168 e. The number of benzene rings is 1. The lowest BCUT2D eigenvalue weighted by Gasteiger charge is -2.05. The minimum Gasteiger partial charge on any atom is -0.390 e. The third-order valence-electron chi connectivity index (χ3n) is 3.50. The summed E-state index contributed by atoms with van der Waals surface area (Å²) in [7, 11) is 0. The van der Waals surface area contributed by atoms with E-state index in [1.807, 2.05) is 0 Å². The zero-order valence-corrected chi connectivity index (χ0v) is 11.9. The van der Waals surface area contributed by atoms with Crippen LogP contribution in [0.15, 0.2) is 29.4 Å². The Hall–Kier alpha value is -1.26. The lowest BCUT2D eigenvalue weighted by Crippen LogP contribution is -2.01. The van der Waals surface area contributed by atoms with Gasteiger partial charge in [-0.05, 0) is 12.0 Å². The average molecular weight is 274 g/mol. The van der Waals surface area contributed by atoms with Crippen LogP contribution < -0.4 is 0 Å². The molecule has 100 valence electrons. The van der Waals surface area contributed by atoms with Gasteiger partial charge in [0, 0.05) is 17.9 Å². The van der Waals surface area contributed by atoms with E-state index in [-0.39, 0.29) is 6.61 Å². The molecule has 1 N–H and O–H groups in total. The summed E-state index contributed by atoms with van der Waals surface area (Å²) >= 11 is 1.76. The van der Waals surface area contributed by atoms with Crippen LogP contribution >= 0.6 is 11.8 Å². The first-order chi connectivity index (χ1) is 9.33. The Kier molecular flexibility index (Phi) is 3.62. The largest absolute Gasteiger partial charge is 0.390 e. The third kappa shape index (κ3) is 2.30. The van der Waals surface area contributed by atoms with Crippen molar-refractivity contribution in [3.05, 3.63) is 35.5 Å². The highest BCUT2D eigenvalue weighted by atomic mass is 32.2. The van der Waals surface area contributed by atoms with Gasteiger partial charge in [0.15, 0.2) is 5.16 Å². The summed E-state index contributed by atoms with van der Waals surface area (Å²) in [6.45, 7) is 3.20. The van der Waals surface area contributed by atoms with E-state index < -0.39 is 0 Å². The van der Waals surface area contributed by atoms with Crippen LogP contribution in [0.2, 0.25) is 0 Å². The molecule has 0 saturated carbocycles. The number of fused-ring (bicyclic) bond motifs is 1. The minimum absolute atomic E-state index is 0.0552. The molecule has 0 radical (unpaired) electrons. The summed E-state index contributed by atoms with van der Waals surface area (Å²) in [6, 6.07) is 8.56. The molecule has 3 rings (SSSR count). The number of hydrogen-bond donors (Lipinski definition) is 1. The zero-order valence-electron chi connectivity index (χ0n) is 11.1. The molecule has 0 atom stereocenters. The van der Waals surface area contributed by atoms with Gasteiger partial charge in [0.25, 0.3) is 0 Å². The molecule has 1 aromatic heterocycles. The van der Waals surface area contributed by atoms with Crippen molar-refractivity contribution in [2.75, 3.05) is 5.75 Å². The second-order valence-electron chi connectivity index (χ2n) is 4.79. The molecule has 0 bridgehead atoms. The van der Waals surface area contributed by atoms with Crippen molar-refractivity contribution in [3.8, 4) is 11.3 Å². The van der Waals surface area contributed by atoms with Gasteiger partial charge in [0.1, 0.15) is 0 Å². The Morgan fingerprint density at radius 2 is 2.11 bits per heavy atom. The molecule has 19 heavy (non-hydrogen) atoms. The van der Waals surface area contributed by atoms with Gasteiger partial charge in [0.2, 0.25) is 0 Å². The summed E-state index contributed by atoms with van der Waals surface area (Å²) in [4.78, 5) is 4.67. The quantitative estimate of drug-likeness (QED) is 0.931. The summed E-state index contributed by atoms with van der Waals surface area (Å²) in [6.07, 6.45) is 2.28. The van der Waals surface area contributed by atoms with Crippen LogP contribution in [0.4, 0.5) is 0 Å². The molecule has 0 aliphatic carbocycles. The van der Waals surface area contributed by atoms with E-state index in [2.05, 4.69) is 40.7 Å². The first-order valence-electron chi connectivity index (χ1n) is 6.76. The number of nitrogens with zero attached hydrogens (tertiary/aromatic N) is 2. The standard InChI is InChI=1S/C15H18N2OS/c1-2-3-11-4-6-12(7-5-11)14-13(10-18)17-8-9-19-15(17)16-14/h4-7,18H,2-3,8-10H2,1H3. The maximum absolute atomic E-state index is 9.60. The van der Waals surface area contributed by atoms with Gasteiger partial charge >= 0.3 is 0 Å². The van der Waals surface area contributed by atoms with Gasteiger partial charge < -0.3 is 9.67 Å². The summed E-state index contributed by atoms with van der Waals surface area (Å²) in [5.41, 5.74) is 4.35. The normalized spacial score (nSPS) is 13.8. The average Bonchev–Trinajstić information content (AvgIpc) is 3.00. The van der Waals surface area contributed by atoms with Crippen LogP contribution in [0.25, 0.3) is 11.3 Å². The van der Waals surface area contributed by atoms with Crippen molar-refractivity contribution < 1.29 is 5.11 Å². The summed E-state index contributed by atoms with van der Waals surface area (Å²) < 4.78 is 2.14. The van der Waals surface area contributed by atoms with Crippen molar-refractivity contribution in [2.45, 2.75) is 38.1 Å². The first kappa shape index (κ1) is 12.8. The summed E-state index contributed by atoms with van der Waals surface area (Å²) in [5, 5.41) is 10.6. The topological polar surface area (TPSA) is 38.0 Å². The van der Waals surface area contributed by atoms with Crippen molar-refractivity contribution in [1.82, 2.24) is 9.55 Å². The molecule has 2 aromatic rings. The molecule has 1 aromatic carbocycles. The fourth-order valence-corrected chi connectivity index (χ4v) is 3.51. The number of aryl methyl sites for hydroxylation is 1. The molecule has 0 amide bonds. The Morgan fingerprint density at radius 1 is 1.32 bits per heavy atom. The van der Waals surface area contributed by atoms with Gasteiger partial charge in [0.05, 0.1) is 18.0 Å². The fourth-order valence-electron chi connectivity index (χ4n) is 2.54. The lowest BCUT2D eigenvalue weighted by atomic mass is 10.1. The van der Waals surface area contributed by atoms with Gasteiger partial charge in [-0.2, -0.15) is 0 Å². The van der Waals surface area contributed by atoms with E-state index >= 15 is 0 Å². The number of aliphatic hydroxyl groups is 1. The van der Waals surface area contributed by atoms with E-state index in [1.54, 1.807) is 11.8 Å². The molecule has 0 unspecified atom stereocenters. The molecule has 0 spiro atoms. The van der Waals surface area contributed by atoms with E-state index in [9.17, 15) is 5.11 Å². The van der Waals surface area contributed by atoms with E-state index in [0.717, 1.165) is 47.2 Å². The molecule has 3 nitrogen and oxygen atoms in total. The smallest absolute Gasteiger partial charge is 0.168 e. The number of imidazole rings is 1. The van der Waals surface area contributed by atoms with E-state index in [1.165, 1.54) is 5.56 Å². The van der Waals surface area contributed by atoms with Crippen LogP contribution in [0.3, 0.4) is 0 Å². The van der Waals surface area contributed by atoms with Gasteiger partial charge in [-0.15, -0.1) is 0 Å². The Bertz CT molecular complexity index is 575. The molecule has 4 heteroatoms. The van der Waals surface area contributed by atoms with Crippen molar-refractivity contribution in [3.63, 3.8) is 0 Å². The van der Waals surface area contributed by atoms with E-state index in [0.29, 0.717) is 0 Å². The Morgan fingerprint density at radius 3 is 2.79 bits per heavy atom. The second-order valence-corrected chi connectivity index (χ2v) is 5.86. The van der Waals surface area contributed by atoms with Crippen molar-refractivity contribution >= 4 is 11.8 Å². The number of hydrogen-bond acceptors (Lipinski definition) is 3. The number of aliphatic hydroxyl groups excluding tert-OH is 1. The molecule has 1 aliphatic rings. The predicted molar refractivity (Wildman–Crippen MR) is 78.3 cm³/mol. The number of aromatic nitrogens is 2. The van der Waals surface area contributed by atoms with Gasteiger partial charge in [-0.3, -0.25) is 0 Å².